The number of carbonyl (C=O) groups is 2. The van der Waals surface area contributed by atoms with Crippen LogP contribution < -0.4 is 22.0 Å². The van der Waals surface area contributed by atoms with Crippen molar-refractivity contribution in [2.45, 2.75) is 57.2 Å². The van der Waals surface area contributed by atoms with Crippen molar-refractivity contribution >= 4 is 35.0 Å². The number of halogens is 2. The normalized spacial score (nSPS) is 23.8. The van der Waals surface area contributed by atoms with E-state index in [2.05, 4.69) is 28.2 Å². The summed E-state index contributed by atoms with van der Waals surface area (Å²) in [7, 11) is 1.67. The first-order valence-electron chi connectivity index (χ1n) is 13.7. The summed E-state index contributed by atoms with van der Waals surface area (Å²) in [5, 5.41) is 6.36. The quantitative estimate of drug-likeness (QED) is 0.167. The topological polar surface area (TPSA) is 124 Å². The molecule has 2 aliphatic carbocycles. The molecule has 0 radical (unpaired) electrons. The third kappa shape index (κ3) is 5.55. The number of nitrogens with one attached hydrogen (secondary N) is 3. The molecule has 2 amide bonds. The molecular weight excluding hydrogens is 533 g/mol. The Labute approximate surface area is 238 Å². The van der Waals surface area contributed by atoms with Crippen molar-refractivity contribution < 1.29 is 14.0 Å². The molecule has 0 saturated heterocycles. The van der Waals surface area contributed by atoms with Gasteiger partial charge >= 0.3 is 0 Å². The first-order chi connectivity index (χ1) is 19.3. The molecular formula is C29H35ClFN7O2. The predicted octanol–water partition coefficient (Wildman–Crippen LogP) is 3.89. The van der Waals surface area contributed by atoms with Crippen molar-refractivity contribution in [3.8, 4) is 0 Å². The Morgan fingerprint density at radius 3 is 2.50 bits per heavy atom. The number of hydrogen-bond acceptors (Lipinski definition) is 6. The van der Waals surface area contributed by atoms with Crippen LogP contribution in [0, 0.1) is 17.7 Å². The smallest absolute Gasteiger partial charge is 0.275 e. The lowest BCUT2D eigenvalue weighted by atomic mass is 9.81. The average Bonchev–Trinajstić information content (AvgIpc) is 3.76. The first-order valence-corrected chi connectivity index (χ1v) is 14.1. The summed E-state index contributed by atoms with van der Waals surface area (Å²) >= 11 is 6.09. The van der Waals surface area contributed by atoms with Gasteiger partial charge in [0.25, 0.3) is 11.8 Å². The second kappa shape index (κ2) is 11.5. The van der Waals surface area contributed by atoms with Gasteiger partial charge in [0, 0.05) is 18.2 Å². The maximum atomic E-state index is 14.2. The number of amides is 2. The molecule has 2 aromatic carbocycles. The van der Waals surface area contributed by atoms with E-state index in [0.29, 0.717) is 34.5 Å². The molecule has 40 heavy (non-hydrogen) atoms. The van der Waals surface area contributed by atoms with E-state index in [1.54, 1.807) is 25.2 Å². The van der Waals surface area contributed by atoms with Gasteiger partial charge in [-0.2, -0.15) is 5.10 Å². The first kappa shape index (κ1) is 28.0. The Morgan fingerprint density at radius 1 is 1.20 bits per heavy atom. The molecule has 1 spiro atoms. The van der Waals surface area contributed by atoms with Gasteiger partial charge in [-0.1, -0.05) is 30.7 Å². The van der Waals surface area contributed by atoms with Crippen molar-refractivity contribution in [3.05, 3.63) is 70.0 Å². The zero-order valence-corrected chi connectivity index (χ0v) is 23.5. The van der Waals surface area contributed by atoms with Crippen molar-refractivity contribution in [1.29, 1.82) is 0 Å². The number of nitrogens with two attached hydrogens (primary N) is 1. The molecule has 3 aliphatic rings. The fraction of sp³-hybridized carbons (Fsp3) is 0.448. The van der Waals surface area contributed by atoms with Gasteiger partial charge in [0.15, 0.2) is 5.84 Å². The van der Waals surface area contributed by atoms with Crippen molar-refractivity contribution in [3.63, 3.8) is 0 Å². The van der Waals surface area contributed by atoms with Gasteiger partial charge in [-0.25, -0.2) is 9.82 Å². The van der Waals surface area contributed by atoms with Crippen molar-refractivity contribution in [1.82, 2.24) is 21.1 Å². The Balaban J connectivity index is 1.44. The van der Waals surface area contributed by atoms with E-state index in [9.17, 15) is 14.0 Å². The van der Waals surface area contributed by atoms with Crippen LogP contribution >= 0.6 is 11.6 Å². The van der Waals surface area contributed by atoms with Gasteiger partial charge in [-0.05, 0) is 86.3 Å². The van der Waals surface area contributed by atoms with Gasteiger partial charge in [-0.15, -0.1) is 0 Å². The lowest BCUT2D eigenvalue weighted by Crippen LogP contribution is -2.51. The highest BCUT2D eigenvalue weighted by Crippen LogP contribution is 2.52. The number of hydrazone groups is 1. The summed E-state index contributed by atoms with van der Waals surface area (Å²) in [6.07, 6.45) is 5.51. The number of carbonyl (C=O) groups excluding carboxylic acids is 2. The molecule has 11 heteroatoms. The SMILES string of the molecule is CNNC(CNC(=O)c1ccc(C(C2CC2)N2C(=O)C(c3ccc(F)c(Cl)c3)=NC23CCC(C)CC3)cc1)=NN. The maximum Gasteiger partial charge on any atom is 0.275 e. The maximum absolute atomic E-state index is 14.2. The Bertz CT molecular complexity index is 1330. The van der Waals surface area contributed by atoms with Gasteiger partial charge < -0.3 is 21.5 Å². The monoisotopic (exact) mass is 567 g/mol. The van der Waals surface area contributed by atoms with Crippen molar-refractivity contribution in [2.24, 2.45) is 27.8 Å². The van der Waals surface area contributed by atoms with E-state index >= 15 is 0 Å². The highest BCUT2D eigenvalue weighted by Gasteiger charge is 2.54. The van der Waals surface area contributed by atoms with E-state index in [0.717, 1.165) is 44.1 Å². The zero-order valence-electron chi connectivity index (χ0n) is 22.7. The highest BCUT2D eigenvalue weighted by molar-refractivity contribution is 6.47. The number of aliphatic imine (C=N–C) groups is 1. The average molecular weight is 568 g/mol. The highest BCUT2D eigenvalue weighted by atomic mass is 35.5. The largest absolute Gasteiger partial charge is 0.345 e. The van der Waals surface area contributed by atoms with Crippen LogP contribution in [0.15, 0.2) is 52.6 Å². The molecule has 1 heterocycles. The van der Waals surface area contributed by atoms with Crippen LogP contribution in [0.25, 0.3) is 0 Å². The van der Waals surface area contributed by atoms with Crippen LogP contribution in [0.2, 0.25) is 5.02 Å². The number of nitrogens with zero attached hydrogens (tertiary/aromatic N) is 3. The fourth-order valence-electron chi connectivity index (χ4n) is 5.81. The van der Waals surface area contributed by atoms with E-state index in [1.807, 2.05) is 17.0 Å². The summed E-state index contributed by atoms with van der Waals surface area (Å²) < 4.78 is 13.9. The molecule has 2 fully saturated rings. The summed E-state index contributed by atoms with van der Waals surface area (Å²) in [6.45, 7) is 2.37. The molecule has 2 aromatic rings. The number of hydrazine groups is 1. The molecule has 9 nitrogen and oxygen atoms in total. The van der Waals surface area contributed by atoms with Gasteiger partial charge in [0.2, 0.25) is 0 Å². The van der Waals surface area contributed by atoms with E-state index < -0.39 is 11.5 Å². The number of rotatable bonds is 8. The Hall–Kier alpha value is -3.50. The van der Waals surface area contributed by atoms with Crippen LogP contribution in [-0.4, -0.2) is 47.5 Å². The Morgan fingerprint density at radius 2 is 1.90 bits per heavy atom. The van der Waals surface area contributed by atoms with Gasteiger partial charge in [0.05, 0.1) is 17.6 Å². The summed E-state index contributed by atoms with van der Waals surface area (Å²) in [5.41, 5.74) is 7.16. The van der Waals surface area contributed by atoms with Crippen LogP contribution in [-0.2, 0) is 4.79 Å². The van der Waals surface area contributed by atoms with Crippen LogP contribution in [0.4, 0.5) is 4.39 Å². The lowest BCUT2D eigenvalue weighted by molar-refractivity contribution is -0.133. The minimum atomic E-state index is -0.651. The second-order valence-electron chi connectivity index (χ2n) is 11.0. The number of amidine groups is 1. The number of benzene rings is 2. The molecule has 0 bridgehead atoms. The Kier molecular flexibility index (Phi) is 8.09. The van der Waals surface area contributed by atoms with Crippen LogP contribution in [0.5, 0.6) is 0 Å². The summed E-state index contributed by atoms with van der Waals surface area (Å²) in [5.74, 6) is 5.66. The van der Waals surface area contributed by atoms with Crippen molar-refractivity contribution in [2.75, 3.05) is 13.6 Å². The molecule has 1 unspecified atom stereocenters. The van der Waals surface area contributed by atoms with Crippen LogP contribution in [0.1, 0.15) is 73.0 Å². The standard InChI is InChI=1S/C29H35ClFN7O2/c1-17-11-13-29(14-12-17)35-25(21-9-10-23(31)22(30)15-21)28(40)38(29)26(18-3-4-18)19-5-7-20(8-6-19)27(39)34-16-24(36-32)37-33-2/h5-10,15,17-18,26,33H,3-4,11-14,16,32H2,1-2H3,(H,34,39)(H,36,37). The molecule has 5 rings (SSSR count). The minimum absolute atomic E-state index is 0.0306. The zero-order chi connectivity index (χ0) is 28.4. The molecule has 0 aromatic heterocycles. The minimum Gasteiger partial charge on any atom is -0.345 e. The lowest BCUT2D eigenvalue weighted by Gasteiger charge is -2.45. The van der Waals surface area contributed by atoms with E-state index in [1.165, 1.54) is 12.1 Å². The van der Waals surface area contributed by atoms with Crippen LogP contribution in [0.3, 0.4) is 0 Å². The number of hydrogen-bond donors (Lipinski definition) is 4. The molecule has 212 valence electrons. The summed E-state index contributed by atoms with van der Waals surface area (Å²) in [4.78, 5) is 34.0. The van der Waals surface area contributed by atoms with E-state index in [-0.39, 0.29) is 29.4 Å². The molecule has 2 saturated carbocycles. The second-order valence-corrected chi connectivity index (χ2v) is 11.4. The van der Waals surface area contributed by atoms with E-state index in [4.69, 9.17) is 22.4 Å². The predicted molar refractivity (Wildman–Crippen MR) is 153 cm³/mol. The fourth-order valence-corrected chi connectivity index (χ4v) is 6.00. The molecule has 1 atom stereocenters. The summed E-state index contributed by atoms with van der Waals surface area (Å²) in [6, 6.07) is 11.6. The molecule has 5 N–H and O–H groups in total. The molecule has 1 aliphatic heterocycles. The van der Waals surface area contributed by atoms with Gasteiger partial charge in [-0.3, -0.25) is 14.6 Å². The van der Waals surface area contributed by atoms with Gasteiger partial charge in [0.1, 0.15) is 17.2 Å². The third-order valence-corrected chi connectivity index (χ3v) is 8.45. The third-order valence-electron chi connectivity index (χ3n) is 8.16.